The monoisotopic (exact) mass is 256 g/mol. The third-order valence-electron chi connectivity index (χ3n) is 3.77. The number of nitrogens with two attached hydrogens (primary N) is 1. The highest BCUT2D eigenvalue weighted by atomic mass is 16.1. The van der Waals surface area contributed by atoms with Gasteiger partial charge in [0.05, 0.1) is 0 Å². The van der Waals surface area contributed by atoms with Gasteiger partial charge < -0.3 is 11.1 Å². The minimum Gasteiger partial charge on any atom is -0.356 e. The number of rotatable bonds is 9. The Kier molecular flexibility index (Phi) is 9.08. The van der Waals surface area contributed by atoms with E-state index in [0.29, 0.717) is 36.6 Å². The highest BCUT2D eigenvalue weighted by Gasteiger charge is 2.18. The molecule has 0 aliphatic carbocycles. The fourth-order valence-electron chi connectivity index (χ4n) is 2.37. The van der Waals surface area contributed by atoms with Crippen LogP contribution in [0.3, 0.4) is 0 Å². The number of amides is 1. The Labute approximate surface area is 113 Å². The lowest BCUT2D eigenvalue weighted by atomic mass is 9.85. The summed E-state index contributed by atoms with van der Waals surface area (Å²) in [6.45, 7) is 12.6. The Morgan fingerprint density at radius 3 is 2.06 bits per heavy atom. The molecule has 0 aromatic rings. The van der Waals surface area contributed by atoms with Crippen molar-refractivity contribution in [1.29, 1.82) is 0 Å². The first kappa shape index (κ1) is 17.4. The van der Waals surface area contributed by atoms with E-state index in [1.807, 2.05) is 0 Å². The van der Waals surface area contributed by atoms with Crippen molar-refractivity contribution in [1.82, 2.24) is 5.32 Å². The van der Waals surface area contributed by atoms with E-state index < -0.39 is 0 Å². The molecule has 1 amide bonds. The van der Waals surface area contributed by atoms with Gasteiger partial charge in [-0.3, -0.25) is 4.79 Å². The average Bonchev–Trinajstić information content (AvgIpc) is 2.26. The third kappa shape index (κ3) is 7.70. The van der Waals surface area contributed by atoms with Gasteiger partial charge in [0.25, 0.3) is 0 Å². The molecule has 1 unspecified atom stereocenters. The summed E-state index contributed by atoms with van der Waals surface area (Å²) in [5, 5.41) is 3.07. The van der Waals surface area contributed by atoms with Gasteiger partial charge >= 0.3 is 0 Å². The normalized spacial score (nSPS) is 13.4. The zero-order chi connectivity index (χ0) is 14.1. The molecule has 18 heavy (non-hydrogen) atoms. The first-order valence-electron chi connectivity index (χ1n) is 7.35. The van der Waals surface area contributed by atoms with Crippen molar-refractivity contribution in [2.45, 2.75) is 53.9 Å². The molecule has 0 aliphatic heterocycles. The smallest absolute Gasteiger partial charge is 0.220 e. The zero-order valence-electron chi connectivity index (χ0n) is 12.8. The van der Waals surface area contributed by atoms with Crippen LogP contribution in [0.5, 0.6) is 0 Å². The molecule has 0 radical (unpaired) electrons. The number of carbonyl (C=O) groups is 1. The molecule has 3 heteroatoms. The summed E-state index contributed by atoms with van der Waals surface area (Å²) in [6, 6.07) is 0. The SMILES string of the molecule is CC(CCN)CCC(=O)NCC(C(C)C)C(C)C. The molecule has 0 saturated carbocycles. The third-order valence-corrected chi connectivity index (χ3v) is 3.77. The van der Waals surface area contributed by atoms with E-state index in [2.05, 4.69) is 39.9 Å². The van der Waals surface area contributed by atoms with Gasteiger partial charge in [0.1, 0.15) is 0 Å². The summed E-state index contributed by atoms with van der Waals surface area (Å²) in [6.07, 6.45) is 2.58. The number of nitrogens with one attached hydrogen (secondary N) is 1. The summed E-state index contributed by atoms with van der Waals surface area (Å²) in [4.78, 5) is 11.8. The Morgan fingerprint density at radius 2 is 1.61 bits per heavy atom. The molecule has 0 aromatic carbocycles. The molecular formula is C15H32N2O. The van der Waals surface area contributed by atoms with Gasteiger partial charge in [0.15, 0.2) is 0 Å². The molecule has 1 atom stereocenters. The summed E-state index contributed by atoms with van der Waals surface area (Å²) < 4.78 is 0. The Morgan fingerprint density at radius 1 is 1.06 bits per heavy atom. The predicted octanol–water partition coefficient (Wildman–Crippen LogP) is 2.80. The molecule has 0 saturated heterocycles. The van der Waals surface area contributed by atoms with Crippen LogP contribution < -0.4 is 11.1 Å². The molecule has 0 heterocycles. The first-order chi connectivity index (χ1) is 8.38. The van der Waals surface area contributed by atoms with E-state index in [1.54, 1.807) is 0 Å². The summed E-state index contributed by atoms with van der Waals surface area (Å²) in [5.74, 6) is 2.52. The van der Waals surface area contributed by atoms with E-state index in [0.717, 1.165) is 19.4 Å². The quantitative estimate of drug-likeness (QED) is 0.666. The van der Waals surface area contributed by atoms with Crippen LogP contribution >= 0.6 is 0 Å². The largest absolute Gasteiger partial charge is 0.356 e. The highest BCUT2D eigenvalue weighted by Crippen LogP contribution is 2.19. The fourth-order valence-corrected chi connectivity index (χ4v) is 2.37. The molecule has 0 bridgehead atoms. The standard InChI is InChI=1S/C15H32N2O/c1-11(2)14(12(3)4)10-17-15(18)7-6-13(5)8-9-16/h11-14H,6-10,16H2,1-5H3,(H,17,18). The lowest BCUT2D eigenvalue weighted by molar-refractivity contribution is -0.121. The van der Waals surface area contributed by atoms with Gasteiger partial charge in [0.2, 0.25) is 5.91 Å². The molecule has 0 fully saturated rings. The molecule has 0 aromatic heterocycles. The summed E-state index contributed by atoms with van der Waals surface area (Å²) >= 11 is 0. The van der Waals surface area contributed by atoms with Crippen LogP contribution in [-0.4, -0.2) is 19.0 Å². The number of hydrogen-bond donors (Lipinski definition) is 2. The minimum atomic E-state index is 0.185. The summed E-state index contributed by atoms with van der Waals surface area (Å²) in [7, 11) is 0. The minimum absolute atomic E-state index is 0.185. The Bertz CT molecular complexity index is 219. The van der Waals surface area contributed by atoms with Crippen molar-refractivity contribution >= 4 is 5.91 Å². The van der Waals surface area contributed by atoms with E-state index >= 15 is 0 Å². The maximum Gasteiger partial charge on any atom is 0.220 e. The summed E-state index contributed by atoms with van der Waals surface area (Å²) in [5.41, 5.74) is 5.50. The second-order valence-electron chi connectivity index (χ2n) is 6.18. The molecule has 3 N–H and O–H groups in total. The van der Waals surface area contributed by atoms with Crippen molar-refractivity contribution < 1.29 is 4.79 Å². The Balaban J connectivity index is 3.88. The van der Waals surface area contributed by atoms with Crippen LogP contribution in [-0.2, 0) is 4.79 Å². The molecule has 0 rings (SSSR count). The molecule has 0 aliphatic rings. The number of hydrogen-bond acceptors (Lipinski definition) is 2. The number of carbonyl (C=O) groups excluding carboxylic acids is 1. The van der Waals surface area contributed by atoms with Gasteiger partial charge in [0, 0.05) is 13.0 Å². The molecular weight excluding hydrogens is 224 g/mol. The fraction of sp³-hybridized carbons (Fsp3) is 0.933. The van der Waals surface area contributed by atoms with Gasteiger partial charge in [-0.05, 0) is 43.1 Å². The van der Waals surface area contributed by atoms with E-state index in [4.69, 9.17) is 5.73 Å². The topological polar surface area (TPSA) is 55.1 Å². The second-order valence-corrected chi connectivity index (χ2v) is 6.18. The predicted molar refractivity (Wildman–Crippen MR) is 78.2 cm³/mol. The van der Waals surface area contributed by atoms with Crippen molar-refractivity contribution in [2.24, 2.45) is 29.4 Å². The van der Waals surface area contributed by atoms with Crippen molar-refractivity contribution in [2.75, 3.05) is 13.1 Å². The van der Waals surface area contributed by atoms with Gasteiger partial charge in [-0.1, -0.05) is 34.6 Å². The average molecular weight is 256 g/mol. The molecule has 108 valence electrons. The van der Waals surface area contributed by atoms with Crippen LogP contribution in [0.2, 0.25) is 0 Å². The maximum absolute atomic E-state index is 11.8. The highest BCUT2D eigenvalue weighted by molar-refractivity contribution is 5.75. The lowest BCUT2D eigenvalue weighted by Crippen LogP contribution is -2.34. The van der Waals surface area contributed by atoms with E-state index in [-0.39, 0.29) is 5.91 Å². The van der Waals surface area contributed by atoms with Crippen molar-refractivity contribution in [3.63, 3.8) is 0 Å². The van der Waals surface area contributed by atoms with Crippen LogP contribution in [0.15, 0.2) is 0 Å². The van der Waals surface area contributed by atoms with Crippen LogP contribution in [0.25, 0.3) is 0 Å². The lowest BCUT2D eigenvalue weighted by Gasteiger charge is -2.25. The van der Waals surface area contributed by atoms with Gasteiger partial charge in [-0.15, -0.1) is 0 Å². The van der Waals surface area contributed by atoms with Crippen molar-refractivity contribution in [3.05, 3.63) is 0 Å². The van der Waals surface area contributed by atoms with Crippen LogP contribution in [0.4, 0.5) is 0 Å². The van der Waals surface area contributed by atoms with Crippen LogP contribution in [0, 0.1) is 23.7 Å². The van der Waals surface area contributed by atoms with E-state index in [1.165, 1.54) is 0 Å². The molecule has 3 nitrogen and oxygen atoms in total. The van der Waals surface area contributed by atoms with Gasteiger partial charge in [-0.25, -0.2) is 0 Å². The van der Waals surface area contributed by atoms with Crippen molar-refractivity contribution in [3.8, 4) is 0 Å². The molecule has 0 spiro atoms. The first-order valence-corrected chi connectivity index (χ1v) is 7.35. The zero-order valence-corrected chi connectivity index (χ0v) is 12.8. The second kappa shape index (κ2) is 9.37. The van der Waals surface area contributed by atoms with Crippen LogP contribution in [0.1, 0.15) is 53.9 Å². The Hall–Kier alpha value is -0.570. The van der Waals surface area contributed by atoms with E-state index in [9.17, 15) is 4.79 Å². The van der Waals surface area contributed by atoms with Gasteiger partial charge in [-0.2, -0.15) is 0 Å². The maximum atomic E-state index is 11.8.